The van der Waals surface area contributed by atoms with Gasteiger partial charge in [-0.15, -0.1) is 0 Å². The van der Waals surface area contributed by atoms with Crippen LogP contribution in [0.15, 0.2) is 12.2 Å². The zero-order valence-electron chi connectivity index (χ0n) is 25.1. The lowest BCUT2D eigenvalue weighted by molar-refractivity contribution is -0.154. The molecule has 39 heavy (non-hydrogen) atoms. The van der Waals surface area contributed by atoms with Gasteiger partial charge < -0.3 is 20.1 Å². The average Bonchev–Trinajstić information content (AvgIpc) is 2.92. The summed E-state index contributed by atoms with van der Waals surface area (Å²) < 4.78 is 33.0. The Morgan fingerprint density at radius 2 is 1.31 bits per heavy atom. The van der Waals surface area contributed by atoms with Gasteiger partial charge in [0, 0.05) is 19.6 Å². The molecule has 0 fully saturated rings. The van der Waals surface area contributed by atoms with Crippen molar-refractivity contribution < 1.29 is 32.8 Å². The third-order valence-electron chi connectivity index (χ3n) is 6.43. The van der Waals surface area contributed by atoms with Crippen LogP contribution < -0.4 is 5.73 Å². The standard InChI is InChI=1S/C30H60NO7P/c1-3-5-7-9-11-13-14-15-17-19-21-23-30(32)38-29(28-37-39(33,34)36-26-24-31)27-35-25-22-20-18-16-12-10-8-6-4-2/h9,11,29H,3-8,10,12-28,31H2,1-2H3,(H,33,34)/b11-9-. The molecule has 0 amide bonds. The summed E-state index contributed by atoms with van der Waals surface area (Å²) in [5, 5.41) is 0. The first-order valence-corrected chi connectivity index (χ1v) is 17.2. The lowest BCUT2D eigenvalue weighted by atomic mass is 10.1. The second-order valence-electron chi connectivity index (χ2n) is 10.3. The highest BCUT2D eigenvalue weighted by Crippen LogP contribution is 2.43. The maximum Gasteiger partial charge on any atom is 0.472 e. The lowest BCUT2D eigenvalue weighted by Gasteiger charge is -2.20. The highest BCUT2D eigenvalue weighted by molar-refractivity contribution is 7.47. The van der Waals surface area contributed by atoms with Gasteiger partial charge in [-0.2, -0.15) is 0 Å². The van der Waals surface area contributed by atoms with E-state index >= 15 is 0 Å². The fraction of sp³-hybridized carbons (Fsp3) is 0.900. The van der Waals surface area contributed by atoms with Crippen molar-refractivity contribution in [2.75, 3.05) is 33.0 Å². The van der Waals surface area contributed by atoms with Crippen molar-refractivity contribution in [2.45, 2.75) is 142 Å². The predicted molar refractivity (Wildman–Crippen MR) is 160 cm³/mol. The van der Waals surface area contributed by atoms with Crippen molar-refractivity contribution in [3.63, 3.8) is 0 Å². The number of carbonyl (C=O) groups excluding carboxylic acids is 1. The molecule has 3 N–H and O–H groups in total. The number of carbonyl (C=O) groups is 1. The third kappa shape index (κ3) is 28.6. The monoisotopic (exact) mass is 577 g/mol. The fourth-order valence-electron chi connectivity index (χ4n) is 4.09. The van der Waals surface area contributed by atoms with Gasteiger partial charge in [0.15, 0.2) is 0 Å². The first kappa shape index (κ1) is 38.2. The summed E-state index contributed by atoms with van der Waals surface area (Å²) >= 11 is 0. The van der Waals surface area contributed by atoms with Gasteiger partial charge in [0.1, 0.15) is 6.10 Å². The Labute approximate surface area is 239 Å². The largest absolute Gasteiger partial charge is 0.472 e. The normalized spacial score (nSPS) is 14.1. The van der Waals surface area contributed by atoms with Crippen molar-refractivity contribution >= 4 is 13.8 Å². The molecule has 232 valence electrons. The van der Waals surface area contributed by atoms with E-state index in [0.717, 1.165) is 44.9 Å². The van der Waals surface area contributed by atoms with Crippen molar-refractivity contribution in [3.05, 3.63) is 12.2 Å². The maximum absolute atomic E-state index is 12.4. The summed E-state index contributed by atoms with van der Waals surface area (Å²) in [6.45, 7) is 4.84. The number of ether oxygens (including phenoxy) is 2. The van der Waals surface area contributed by atoms with Gasteiger partial charge >= 0.3 is 13.8 Å². The molecule has 8 nitrogen and oxygen atoms in total. The summed E-state index contributed by atoms with van der Waals surface area (Å²) in [6, 6.07) is 0. The molecule has 0 aromatic carbocycles. The van der Waals surface area contributed by atoms with E-state index in [1.165, 1.54) is 70.6 Å². The highest BCUT2D eigenvalue weighted by atomic mass is 31.2. The maximum atomic E-state index is 12.4. The van der Waals surface area contributed by atoms with Gasteiger partial charge in [-0.1, -0.05) is 109 Å². The molecule has 0 aromatic heterocycles. The molecule has 0 aliphatic carbocycles. The Hall–Kier alpha value is -0.760. The third-order valence-corrected chi connectivity index (χ3v) is 7.42. The SMILES string of the molecule is CCCC/C=C\CCCCCCCC(=O)OC(COCCCCCCCCCCC)COP(=O)(O)OCCN. The summed E-state index contributed by atoms with van der Waals surface area (Å²) in [5.41, 5.74) is 5.32. The fourth-order valence-corrected chi connectivity index (χ4v) is 4.86. The van der Waals surface area contributed by atoms with Gasteiger partial charge in [0.2, 0.25) is 0 Å². The minimum Gasteiger partial charge on any atom is -0.457 e. The quantitative estimate of drug-likeness (QED) is 0.0381. The van der Waals surface area contributed by atoms with Crippen molar-refractivity contribution in [1.82, 2.24) is 0 Å². The summed E-state index contributed by atoms with van der Waals surface area (Å²) in [7, 11) is -4.25. The molecule has 0 spiro atoms. The number of allylic oxidation sites excluding steroid dienone is 2. The zero-order chi connectivity index (χ0) is 28.9. The molecule has 0 saturated carbocycles. The van der Waals surface area contributed by atoms with Crippen LogP contribution in [0.2, 0.25) is 0 Å². The van der Waals surface area contributed by atoms with Crippen LogP contribution in [0.4, 0.5) is 0 Å². The second-order valence-corrected chi connectivity index (χ2v) is 11.8. The number of esters is 1. The van der Waals surface area contributed by atoms with Crippen LogP contribution in [0.1, 0.15) is 136 Å². The second kappa shape index (κ2) is 28.8. The van der Waals surface area contributed by atoms with Crippen LogP contribution in [-0.2, 0) is 27.9 Å². The lowest BCUT2D eigenvalue weighted by Crippen LogP contribution is -2.28. The highest BCUT2D eigenvalue weighted by Gasteiger charge is 2.25. The average molecular weight is 578 g/mol. The Bertz CT molecular complexity index is 618. The number of hydrogen-bond acceptors (Lipinski definition) is 7. The summed E-state index contributed by atoms with van der Waals surface area (Å²) in [6.07, 6.45) is 25.1. The van der Waals surface area contributed by atoms with Crippen LogP contribution >= 0.6 is 7.82 Å². The smallest absolute Gasteiger partial charge is 0.457 e. The molecule has 0 heterocycles. The Morgan fingerprint density at radius 3 is 1.95 bits per heavy atom. The first-order valence-electron chi connectivity index (χ1n) is 15.7. The summed E-state index contributed by atoms with van der Waals surface area (Å²) in [5.74, 6) is -0.343. The zero-order valence-corrected chi connectivity index (χ0v) is 26.0. The van der Waals surface area contributed by atoms with Crippen LogP contribution in [0.5, 0.6) is 0 Å². The Kier molecular flexibility index (Phi) is 28.2. The van der Waals surface area contributed by atoms with Crippen LogP contribution in [0.25, 0.3) is 0 Å². The molecule has 0 aromatic rings. The molecule has 0 bridgehead atoms. The van der Waals surface area contributed by atoms with E-state index in [-0.39, 0.29) is 32.3 Å². The Morgan fingerprint density at radius 1 is 0.744 bits per heavy atom. The van der Waals surface area contributed by atoms with Crippen molar-refractivity contribution in [1.29, 1.82) is 0 Å². The van der Waals surface area contributed by atoms with Crippen LogP contribution in [-0.4, -0.2) is 49.9 Å². The molecule has 0 aliphatic heterocycles. The van der Waals surface area contributed by atoms with Gasteiger partial charge in [-0.25, -0.2) is 4.57 Å². The van der Waals surface area contributed by atoms with Gasteiger partial charge in [-0.3, -0.25) is 13.8 Å². The number of phosphoric acid groups is 1. The molecule has 2 unspecified atom stereocenters. The van der Waals surface area contributed by atoms with Crippen molar-refractivity contribution in [2.24, 2.45) is 5.73 Å². The Balaban J connectivity index is 4.19. The van der Waals surface area contributed by atoms with Gasteiger partial charge in [0.25, 0.3) is 0 Å². The number of rotatable bonds is 30. The van der Waals surface area contributed by atoms with E-state index in [1.807, 2.05) is 0 Å². The molecule has 0 aliphatic rings. The number of phosphoric ester groups is 1. The number of unbranched alkanes of at least 4 members (excludes halogenated alkanes) is 15. The number of nitrogens with two attached hydrogens (primary N) is 1. The minimum atomic E-state index is -4.25. The molecule has 0 rings (SSSR count). The van der Waals surface area contributed by atoms with Gasteiger partial charge in [-0.05, 0) is 32.1 Å². The molecule has 0 saturated heterocycles. The van der Waals surface area contributed by atoms with E-state index in [1.54, 1.807) is 0 Å². The van der Waals surface area contributed by atoms with Gasteiger partial charge in [0.05, 0.1) is 19.8 Å². The van der Waals surface area contributed by atoms with Crippen LogP contribution in [0.3, 0.4) is 0 Å². The van der Waals surface area contributed by atoms with E-state index in [4.69, 9.17) is 24.3 Å². The molecular formula is C30H60NO7P. The first-order chi connectivity index (χ1) is 18.9. The van der Waals surface area contributed by atoms with Crippen LogP contribution in [0, 0.1) is 0 Å². The van der Waals surface area contributed by atoms with E-state index < -0.39 is 13.9 Å². The topological polar surface area (TPSA) is 117 Å². The molecule has 0 radical (unpaired) electrons. The molecule has 2 atom stereocenters. The number of hydrogen-bond donors (Lipinski definition) is 2. The van der Waals surface area contributed by atoms with E-state index in [9.17, 15) is 14.3 Å². The minimum absolute atomic E-state index is 0.0948. The van der Waals surface area contributed by atoms with E-state index in [0.29, 0.717) is 13.0 Å². The molecule has 9 heteroatoms. The van der Waals surface area contributed by atoms with Crippen molar-refractivity contribution in [3.8, 4) is 0 Å². The summed E-state index contributed by atoms with van der Waals surface area (Å²) in [4.78, 5) is 22.2. The predicted octanol–water partition coefficient (Wildman–Crippen LogP) is 8.02. The van der Waals surface area contributed by atoms with E-state index in [2.05, 4.69) is 26.0 Å². The molecular weight excluding hydrogens is 517 g/mol.